The summed E-state index contributed by atoms with van der Waals surface area (Å²) in [6.45, 7) is 1.61. The van der Waals surface area contributed by atoms with Crippen molar-refractivity contribution >= 4 is 33.3 Å². The Hall–Kier alpha value is -2.56. The minimum atomic E-state index is -3.95. The number of hydrogen-bond donors (Lipinski definition) is 2. The number of nitrogens with one attached hydrogen (secondary N) is 1. The fourth-order valence-electron chi connectivity index (χ4n) is 1.88. The second kappa shape index (κ2) is 6.28. The van der Waals surface area contributed by atoms with Gasteiger partial charge in [0.05, 0.1) is 21.0 Å². The molecule has 2 aromatic carbocycles. The Kier molecular flexibility index (Phi) is 4.59. The van der Waals surface area contributed by atoms with Gasteiger partial charge in [-0.25, -0.2) is 13.2 Å². The predicted octanol–water partition coefficient (Wildman–Crippen LogP) is 3.02. The van der Waals surface area contributed by atoms with Gasteiger partial charge in [0.15, 0.2) is 0 Å². The number of aryl methyl sites for hydroxylation is 1. The highest BCUT2D eigenvalue weighted by Gasteiger charge is 2.17. The zero-order valence-electron chi connectivity index (χ0n) is 11.9. The van der Waals surface area contributed by atoms with Crippen LogP contribution >= 0.6 is 11.6 Å². The number of anilines is 1. The number of benzene rings is 2. The van der Waals surface area contributed by atoms with Crippen LogP contribution in [0.4, 0.5) is 5.69 Å². The normalized spacial score (nSPS) is 10.8. The molecule has 0 aliphatic rings. The number of aromatic carboxylic acids is 1. The van der Waals surface area contributed by atoms with Crippen molar-refractivity contribution in [3.8, 4) is 6.07 Å². The molecule has 6 nitrogen and oxygen atoms in total. The van der Waals surface area contributed by atoms with Crippen molar-refractivity contribution in [2.45, 2.75) is 11.8 Å². The quantitative estimate of drug-likeness (QED) is 0.881. The second-order valence-corrected chi connectivity index (χ2v) is 6.78. The summed E-state index contributed by atoms with van der Waals surface area (Å²) < 4.78 is 26.9. The Morgan fingerprint density at radius 2 is 1.96 bits per heavy atom. The van der Waals surface area contributed by atoms with Gasteiger partial charge in [-0.1, -0.05) is 17.7 Å². The van der Waals surface area contributed by atoms with E-state index in [2.05, 4.69) is 4.72 Å². The largest absolute Gasteiger partial charge is 0.478 e. The molecule has 0 atom stereocenters. The number of hydrogen-bond acceptors (Lipinski definition) is 4. The van der Waals surface area contributed by atoms with Crippen molar-refractivity contribution in [3.05, 3.63) is 58.1 Å². The van der Waals surface area contributed by atoms with Gasteiger partial charge < -0.3 is 5.11 Å². The highest BCUT2D eigenvalue weighted by Crippen LogP contribution is 2.23. The first-order chi connectivity index (χ1) is 10.7. The van der Waals surface area contributed by atoms with Crippen molar-refractivity contribution in [2.24, 2.45) is 0 Å². The van der Waals surface area contributed by atoms with Crippen LogP contribution in [0.2, 0.25) is 5.02 Å². The fourth-order valence-corrected chi connectivity index (χ4v) is 3.25. The van der Waals surface area contributed by atoms with E-state index in [9.17, 15) is 13.2 Å². The van der Waals surface area contributed by atoms with E-state index in [-0.39, 0.29) is 26.7 Å². The van der Waals surface area contributed by atoms with E-state index in [1.165, 1.54) is 30.3 Å². The van der Waals surface area contributed by atoms with Crippen LogP contribution in [-0.2, 0) is 10.0 Å². The van der Waals surface area contributed by atoms with Gasteiger partial charge in [-0.15, -0.1) is 0 Å². The van der Waals surface area contributed by atoms with Gasteiger partial charge in [-0.3, -0.25) is 4.72 Å². The molecule has 0 unspecified atom stereocenters. The third-order valence-electron chi connectivity index (χ3n) is 3.09. The highest BCUT2D eigenvalue weighted by atomic mass is 35.5. The Bertz CT molecular complexity index is 933. The Labute approximate surface area is 138 Å². The zero-order valence-corrected chi connectivity index (χ0v) is 13.4. The summed E-state index contributed by atoms with van der Waals surface area (Å²) in [7, 11) is -3.95. The molecule has 0 aliphatic carbocycles. The van der Waals surface area contributed by atoms with Crippen molar-refractivity contribution in [1.82, 2.24) is 0 Å². The lowest BCUT2D eigenvalue weighted by Gasteiger charge is -2.10. The van der Waals surface area contributed by atoms with Crippen LogP contribution in [0.5, 0.6) is 0 Å². The molecule has 2 aromatic rings. The minimum Gasteiger partial charge on any atom is -0.478 e. The predicted molar refractivity (Wildman–Crippen MR) is 85.1 cm³/mol. The molecule has 0 saturated carbocycles. The average Bonchev–Trinajstić information content (AvgIpc) is 2.48. The molecule has 23 heavy (non-hydrogen) atoms. The van der Waals surface area contributed by atoms with E-state index in [1.807, 2.05) is 6.07 Å². The van der Waals surface area contributed by atoms with Gasteiger partial charge >= 0.3 is 5.97 Å². The number of halogens is 1. The lowest BCUT2D eigenvalue weighted by molar-refractivity contribution is 0.0696. The summed E-state index contributed by atoms with van der Waals surface area (Å²) in [4.78, 5) is 11.0. The van der Waals surface area contributed by atoms with Crippen LogP contribution in [-0.4, -0.2) is 19.5 Å². The molecule has 8 heteroatoms. The molecule has 0 radical (unpaired) electrons. The molecule has 0 amide bonds. The lowest BCUT2D eigenvalue weighted by Crippen LogP contribution is -2.14. The summed E-state index contributed by atoms with van der Waals surface area (Å²) in [5.41, 5.74) is 0.799. The first-order valence-corrected chi connectivity index (χ1v) is 8.17. The summed E-state index contributed by atoms with van der Waals surface area (Å²) in [6, 6.07) is 9.75. The van der Waals surface area contributed by atoms with Gasteiger partial charge in [0.2, 0.25) is 0 Å². The third kappa shape index (κ3) is 3.62. The van der Waals surface area contributed by atoms with Crippen LogP contribution in [0.1, 0.15) is 21.5 Å². The number of carbonyl (C=O) groups is 1. The number of carboxylic acids is 1. The highest BCUT2D eigenvalue weighted by molar-refractivity contribution is 7.92. The van der Waals surface area contributed by atoms with Crippen LogP contribution in [0.25, 0.3) is 0 Å². The van der Waals surface area contributed by atoms with Gasteiger partial charge in [-0.2, -0.15) is 5.26 Å². The van der Waals surface area contributed by atoms with Crippen molar-refractivity contribution in [3.63, 3.8) is 0 Å². The first kappa shape index (κ1) is 16.8. The van der Waals surface area contributed by atoms with E-state index in [0.717, 1.165) is 6.07 Å². The molecule has 0 heterocycles. The molecule has 0 spiro atoms. The number of sulfonamides is 1. The third-order valence-corrected chi connectivity index (χ3v) is 4.78. The fraction of sp³-hybridized carbons (Fsp3) is 0.0667. The van der Waals surface area contributed by atoms with Crippen LogP contribution in [0, 0.1) is 18.3 Å². The zero-order chi connectivity index (χ0) is 17.2. The van der Waals surface area contributed by atoms with E-state index in [0.29, 0.717) is 5.56 Å². The van der Waals surface area contributed by atoms with Gasteiger partial charge in [0, 0.05) is 5.69 Å². The van der Waals surface area contributed by atoms with E-state index in [4.69, 9.17) is 22.0 Å². The molecule has 2 rings (SSSR count). The summed E-state index contributed by atoms with van der Waals surface area (Å²) >= 11 is 5.83. The Balaban J connectivity index is 2.39. The molecule has 0 bridgehead atoms. The Morgan fingerprint density at radius 3 is 2.52 bits per heavy atom. The van der Waals surface area contributed by atoms with E-state index in [1.54, 1.807) is 6.92 Å². The standard InChI is InChI=1S/C15H11ClN2O4S/c1-9-2-4-11(6-13(9)15(19)20)18-23(21,22)12-5-3-10(8-17)14(16)7-12/h2-7,18H,1H3,(H,19,20). The minimum absolute atomic E-state index is 0.00283. The van der Waals surface area contributed by atoms with Crippen LogP contribution < -0.4 is 4.72 Å². The second-order valence-electron chi connectivity index (χ2n) is 4.69. The molecule has 118 valence electrons. The monoisotopic (exact) mass is 350 g/mol. The maximum absolute atomic E-state index is 12.3. The Morgan fingerprint density at radius 1 is 1.26 bits per heavy atom. The van der Waals surface area contributed by atoms with Gasteiger partial charge in [-0.05, 0) is 42.8 Å². The smallest absolute Gasteiger partial charge is 0.336 e. The number of nitriles is 1. The molecule has 0 aliphatic heterocycles. The van der Waals surface area contributed by atoms with E-state index >= 15 is 0 Å². The molecular weight excluding hydrogens is 340 g/mol. The average molecular weight is 351 g/mol. The maximum Gasteiger partial charge on any atom is 0.336 e. The van der Waals surface area contributed by atoms with Crippen LogP contribution in [0.15, 0.2) is 41.3 Å². The topological polar surface area (TPSA) is 107 Å². The maximum atomic E-state index is 12.3. The van der Waals surface area contributed by atoms with Gasteiger partial charge in [0.25, 0.3) is 10.0 Å². The molecule has 0 aromatic heterocycles. The summed E-state index contributed by atoms with van der Waals surface area (Å²) in [5.74, 6) is -1.15. The van der Waals surface area contributed by atoms with E-state index < -0.39 is 16.0 Å². The lowest BCUT2D eigenvalue weighted by atomic mass is 10.1. The molecular formula is C15H11ClN2O4S. The first-order valence-electron chi connectivity index (χ1n) is 6.31. The number of rotatable bonds is 4. The van der Waals surface area contributed by atoms with Crippen molar-refractivity contribution in [1.29, 1.82) is 5.26 Å². The summed E-state index contributed by atoms with van der Waals surface area (Å²) in [5, 5.41) is 17.9. The van der Waals surface area contributed by atoms with Crippen molar-refractivity contribution in [2.75, 3.05) is 4.72 Å². The molecule has 0 fully saturated rings. The summed E-state index contributed by atoms with van der Waals surface area (Å²) in [6.07, 6.45) is 0. The SMILES string of the molecule is Cc1ccc(NS(=O)(=O)c2ccc(C#N)c(Cl)c2)cc1C(=O)O. The number of carboxylic acid groups (broad SMARTS) is 1. The van der Waals surface area contributed by atoms with Crippen LogP contribution in [0.3, 0.4) is 0 Å². The molecule has 2 N–H and O–H groups in total. The molecule has 0 saturated heterocycles. The van der Waals surface area contributed by atoms with Crippen molar-refractivity contribution < 1.29 is 18.3 Å². The number of nitrogens with zero attached hydrogens (tertiary/aromatic N) is 1. The van der Waals surface area contributed by atoms with Gasteiger partial charge in [0.1, 0.15) is 6.07 Å².